The second-order valence-electron chi connectivity index (χ2n) is 6.08. The van der Waals surface area contributed by atoms with Crippen LogP contribution in [0.15, 0.2) is 0 Å². The lowest BCUT2D eigenvalue weighted by molar-refractivity contribution is -0.135. The van der Waals surface area contributed by atoms with Gasteiger partial charge in [-0.2, -0.15) is 0 Å². The number of likely N-dealkylation sites (N-methyl/N-ethyl adjacent to an activating group) is 1. The molecule has 0 aromatic rings. The number of carbonyl (C=O) groups is 1. The lowest BCUT2D eigenvalue weighted by Gasteiger charge is -2.25. The molecule has 0 fully saturated rings. The van der Waals surface area contributed by atoms with Crippen LogP contribution in [0.2, 0.25) is 0 Å². The molecule has 0 aliphatic rings. The predicted molar refractivity (Wildman–Crippen MR) is 92.3 cm³/mol. The Hall–Kier alpha value is -0.570. The summed E-state index contributed by atoms with van der Waals surface area (Å²) in [6.07, 6.45) is 12.6. The Morgan fingerprint density at radius 2 is 1.52 bits per heavy atom. The van der Waals surface area contributed by atoms with Gasteiger partial charge >= 0.3 is 0 Å². The number of carbonyl (C=O) groups excluding carboxylic acids is 1. The van der Waals surface area contributed by atoms with Crippen molar-refractivity contribution in [2.45, 2.75) is 85.0 Å². The number of amides is 1. The maximum Gasteiger partial charge on any atom is 0.225 e. The molecule has 1 unspecified atom stereocenters. The summed E-state index contributed by atoms with van der Waals surface area (Å²) < 4.78 is 0. The summed E-state index contributed by atoms with van der Waals surface area (Å²) in [4.78, 5) is 14.3. The summed E-state index contributed by atoms with van der Waals surface area (Å²) in [7, 11) is 0. The first-order valence-corrected chi connectivity index (χ1v) is 9.19. The Kier molecular flexibility index (Phi) is 14.0. The van der Waals surface area contributed by atoms with Crippen molar-refractivity contribution in [3.63, 3.8) is 0 Å². The molecule has 126 valence electrons. The molecule has 0 aliphatic carbocycles. The average Bonchev–Trinajstić information content (AvgIpc) is 2.50. The molecule has 1 amide bonds. The Morgan fingerprint density at radius 3 is 2.00 bits per heavy atom. The van der Waals surface area contributed by atoms with Crippen LogP contribution >= 0.6 is 0 Å². The van der Waals surface area contributed by atoms with Crippen LogP contribution in [-0.2, 0) is 4.79 Å². The van der Waals surface area contributed by atoms with Crippen LogP contribution in [-0.4, -0.2) is 30.4 Å². The molecule has 0 spiro atoms. The van der Waals surface area contributed by atoms with Crippen molar-refractivity contribution in [3.05, 3.63) is 0 Å². The second-order valence-corrected chi connectivity index (χ2v) is 6.08. The van der Waals surface area contributed by atoms with E-state index in [2.05, 4.69) is 13.8 Å². The summed E-state index contributed by atoms with van der Waals surface area (Å²) in [5.41, 5.74) is 5.58. The fraction of sp³-hybridized carbons (Fsp3) is 0.944. The zero-order chi connectivity index (χ0) is 15.9. The third kappa shape index (κ3) is 9.89. The maximum absolute atomic E-state index is 12.4. The van der Waals surface area contributed by atoms with E-state index >= 15 is 0 Å². The highest BCUT2D eigenvalue weighted by atomic mass is 16.2. The van der Waals surface area contributed by atoms with Crippen molar-refractivity contribution >= 4 is 5.91 Å². The van der Waals surface area contributed by atoms with Gasteiger partial charge < -0.3 is 10.6 Å². The van der Waals surface area contributed by atoms with Crippen LogP contribution in [0.1, 0.15) is 85.0 Å². The topological polar surface area (TPSA) is 46.3 Å². The maximum atomic E-state index is 12.4. The molecular weight excluding hydrogens is 260 g/mol. The van der Waals surface area contributed by atoms with Gasteiger partial charge in [-0.15, -0.1) is 0 Å². The number of unbranched alkanes of at least 4 members (excludes halogenated alkanes) is 7. The molecule has 21 heavy (non-hydrogen) atoms. The van der Waals surface area contributed by atoms with E-state index in [1.165, 1.54) is 51.4 Å². The lowest BCUT2D eigenvalue weighted by atomic mass is 9.96. The predicted octanol–water partition coefficient (Wildman–Crippen LogP) is 4.35. The minimum Gasteiger partial charge on any atom is -0.341 e. The fourth-order valence-electron chi connectivity index (χ4n) is 2.87. The molecule has 0 aromatic heterocycles. The zero-order valence-corrected chi connectivity index (χ0v) is 14.7. The van der Waals surface area contributed by atoms with E-state index in [-0.39, 0.29) is 5.92 Å². The number of hydrogen-bond donors (Lipinski definition) is 1. The van der Waals surface area contributed by atoms with Crippen molar-refractivity contribution in [2.24, 2.45) is 11.7 Å². The zero-order valence-electron chi connectivity index (χ0n) is 14.7. The van der Waals surface area contributed by atoms with E-state index in [9.17, 15) is 4.79 Å². The van der Waals surface area contributed by atoms with Gasteiger partial charge in [0.2, 0.25) is 5.91 Å². The first kappa shape index (κ1) is 20.4. The molecule has 0 saturated heterocycles. The van der Waals surface area contributed by atoms with Gasteiger partial charge in [0.25, 0.3) is 0 Å². The monoisotopic (exact) mass is 298 g/mol. The molecule has 0 saturated carbocycles. The quantitative estimate of drug-likeness (QED) is 0.485. The molecule has 1 atom stereocenters. The molecule has 3 heteroatoms. The van der Waals surface area contributed by atoms with Crippen molar-refractivity contribution < 1.29 is 4.79 Å². The van der Waals surface area contributed by atoms with Crippen LogP contribution in [0.3, 0.4) is 0 Å². The van der Waals surface area contributed by atoms with E-state index in [0.717, 1.165) is 19.4 Å². The number of rotatable bonds is 14. The Balaban J connectivity index is 3.80. The van der Waals surface area contributed by atoms with Gasteiger partial charge in [-0.3, -0.25) is 4.79 Å². The largest absolute Gasteiger partial charge is 0.341 e. The molecule has 0 radical (unpaired) electrons. The third-order valence-electron chi connectivity index (χ3n) is 4.34. The van der Waals surface area contributed by atoms with Crippen molar-refractivity contribution in [1.29, 1.82) is 0 Å². The van der Waals surface area contributed by atoms with Crippen LogP contribution in [0.5, 0.6) is 0 Å². The fourth-order valence-corrected chi connectivity index (χ4v) is 2.87. The van der Waals surface area contributed by atoms with E-state index in [4.69, 9.17) is 5.73 Å². The van der Waals surface area contributed by atoms with Crippen LogP contribution in [0.25, 0.3) is 0 Å². The minimum atomic E-state index is 0.205. The van der Waals surface area contributed by atoms with Crippen molar-refractivity contribution in [1.82, 2.24) is 4.90 Å². The van der Waals surface area contributed by atoms with E-state index < -0.39 is 0 Å². The van der Waals surface area contributed by atoms with Gasteiger partial charge in [-0.25, -0.2) is 0 Å². The first-order valence-electron chi connectivity index (χ1n) is 9.19. The smallest absolute Gasteiger partial charge is 0.225 e. The van der Waals surface area contributed by atoms with E-state index in [1.54, 1.807) is 0 Å². The molecular formula is C18H38N2O. The van der Waals surface area contributed by atoms with Gasteiger partial charge in [-0.05, 0) is 19.8 Å². The van der Waals surface area contributed by atoms with Gasteiger partial charge in [0.05, 0.1) is 0 Å². The summed E-state index contributed by atoms with van der Waals surface area (Å²) >= 11 is 0. The van der Waals surface area contributed by atoms with Gasteiger partial charge in [0.1, 0.15) is 0 Å². The summed E-state index contributed by atoms with van der Waals surface area (Å²) in [6.45, 7) is 8.47. The highest BCUT2D eigenvalue weighted by molar-refractivity contribution is 5.78. The molecule has 2 N–H and O–H groups in total. The van der Waals surface area contributed by atoms with Crippen molar-refractivity contribution in [3.8, 4) is 0 Å². The molecule has 3 nitrogen and oxygen atoms in total. The lowest BCUT2D eigenvalue weighted by Crippen LogP contribution is -2.39. The van der Waals surface area contributed by atoms with Crippen LogP contribution in [0.4, 0.5) is 0 Å². The van der Waals surface area contributed by atoms with Crippen LogP contribution < -0.4 is 5.73 Å². The van der Waals surface area contributed by atoms with Gasteiger partial charge in [-0.1, -0.05) is 65.2 Å². The second kappa shape index (κ2) is 14.4. The number of hydrogen-bond acceptors (Lipinski definition) is 2. The Labute approximate surface area is 132 Å². The SMILES string of the molecule is CCCCCCCCCCC(CC)C(=O)N(CC)CCN. The average molecular weight is 299 g/mol. The molecule has 0 aliphatic heterocycles. The summed E-state index contributed by atoms with van der Waals surface area (Å²) in [5, 5.41) is 0. The van der Waals surface area contributed by atoms with E-state index in [0.29, 0.717) is 19.0 Å². The van der Waals surface area contributed by atoms with Gasteiger partial charge in [0, 0.05) is 25.6 Å². The standard InChI is InChI=1S/C18H38N2O/c1-4-7-8-9-10-11-12-13-14-17(5-2)18(21)20(6-3)16-15-19/h17H,4-16,19H2,1-3H3. The first-order chi connectivity index (χ1) is 10.2. The highest BCUT2D eigenvalue weighted by Gasteiger charge is 2.20. The molecule has 0 bridgehead atoms. The Bertz CT molecular complexity index is 243. The van der Waals surface area contributed by atoms with E-state index in [1.807, 2.05) is 11.8 Å². The molecule has 0 aromatic carbocycles. The third-order valence-corrected chi connectivity index (χ3v) is 4.34. The summed E-state index contributed by atoms with van der Waals surface area (Å²) in [5.74, 6) is 0.519. The molecule has 0 rings (SSSR count). The number of nitrogens with zero attached hydrogens (tertiary/aromatic N) is 1. The minimum absolute atomic E-state index is 0.205. The summed E-state index contributed by atoms with van der Waals surface area (Å²) in [6, 6.07) is 0. The van der Waals surface area contributed by atoms with Crippen LogP contribution in [0, 0.1) is 5.92 Å². The number of nitrogens with two attached hydrogens (primary N) is 1. The highest BCUT2D eigenvalue weighted by Crippen LogP contribution is 2.18. The molecule has 0 heterocycles. The van der Waals surface area contributed by atoms with Crippen molar-refractivity contribution in [2.75, 3.05) is 19.6 Å². The Morgan fingerprint density at radius 1 is 0.952 bits per heavy atom. The van der Waals surface area contributed by atoms with Gasteiger partial charge in [0.15, 0.2) is 0 Å². The normalized spacial score (nSPS) is 12.4.